The zero-order valence-corrected chi connectivity index (χ0v) is 30.5. The monoisotopic (exact) mass is 664 g/mol. The summed E-state index contributed by atoms with van der Waals surface area (Å²) in [5, 5.41) is 19.4. The Morgan fingerprint density at radius 3 is 1.17 bits per heavy atom. The SMILES string of the molecule is CCCCCCCCCc1ccc(CCCCCCCCC)c(O)c1.CCCCCCCCCc1ccc(O)cc1.O=P(O)(O)O. The average Bonchev–Trinajstić information content (AvgIpc) is 3.01. The molecule has 5 N–H and O–H groups in total. The Morgan fingerprint density at radius 1 is 0.457 bits per heavy atom. The maximum absolute atomic E-state index is 10.3. The van der Waals surface area contributed by atoms with Gasteiger partial charge in [-0.05, 0) is 73.4 Å². The number of benzene rings is 2. The van der Waals surface area contributed by atoms with Crippen LogP contribution in [0.15, 0.2) is 42.5 Å². The smallest absolute Gasteiger partial charge is 0.466 e. The molecule has 0 fully saturated rings. The van der Waals surface area contributed by atoms with Crippen LogP contribution in [-0.2, 0) is 23.8 Å². The molecule has 0 spiro atoms. The Bertz CT molecular complexity index is 980. The van der Waals surface area contributed by atoms with E-state index in [-0.39, 0.29) is 0 Å². The predicted octanol–water partition coefficient (Wildman–Crippen LogP) is 11.7. The van der Waals surface area contributed by atoms with Crippen LogP contribution < -0.4 is 0 Å². The summed E-state index contributed by atoms with van der Waals surface area (Å²) < 4.78 is 8.88. The van der Waals surface area contributed by atoms with E-state index in [0.29, 0.717) is 11.5 Å². The van der Waals surface area contributed by atoms with Gasteiger partial charge in [0.1, 0.15) is 11.5 Å². The van der Waals surface area contributed by atoms with Crippen LogP contribution in [0, 0.1) is 0 Å². The molecule has 0 unspecified atom stereocenters. The van der Waals surface area contributed by atoms with Crippen molar-refractivity contribution < 1.29 is 29.5 Å². The van der Waals surface area contributed by atoms with E-state index in [2.05, 4.69) is 32.9 Å². The molecular weight excluding hydrogens is 595 g/mol. The first kappa shape index (κ1) is 44.1. The van der Waals surface area contributed by atoms with Crippen LogP contribution in [0.4, 0.5) is 0 Å². The van der Waals surface area contributed by atoms with Crippen molar-refractivity contribution >= 4 is 7.82 Å². The van der Waals surface area contributed by atoms with Crippen molar-refractivity contribution in [2.45, 2.75) is 175 Å². The van der Waals surface area contributed by atoms with E-state index in [4.69, 9.17) is 24.4 Å². The molecule has 0 aliphatic heterocycles. The van der Waals surface area contributed by atoms with Crippen molar-refractivity contribution in [2.75, 3.05) is 0 Å². The van der Waals surface area contributed by atoms with E-state index in [1.807, 2.05) is 18.2 Å². The van der Waals surface area contributed by atoms with Gasteiger partial charge in [0.15, 0.2) is 0 Å². The van der Waals surface area contributed by atoms with E-state index in [1.165, 1.54) is 146 Å². The third-order valence-corrected chi connectivity index (χ3v) is 8.27. The van der Waals surface area contributed by atoms with Crippen molar-refractivity contribution in [1.82, 2.24) is 0 Å². The number of phosphoric acid groups is 1. The molecule has 0 bridgehead atoms. The molecule has 46 heavy (non-hydrogen) atoms. The number of aromatic hydroxyl groups is 2. The molecule has 0 aliphatic carbocycles. The Hall–Kier alpha value is -1.85. The maximum atomic E-state index is 10.3. The molecule has 2 aromatic rings. The van der Waals surface area contributed by atoms with Gasteiger partial charge in [0.05, 0.1) is 0 Å². The van der Waals surface area contributed by atoms with Crippen LogP contribution in [0.3, 0.4) is 0 Å². The number of phenolic OH excluding ortho intramolecular Hbond substituents is 2. The molecule has 0 atom stereocenters. The van der Waals surface area contributed by atoms with Crippen molar-refractivity contribution in [3.8, 4) is 11.5 Å². The molecule has 0 aliphatic rings. The second kappa shape index (κ2) is 30.5. The van der Waals surface area contributed by atoms with Gasteiger partial charge in [-0.1, -0.05) is 161 Å². The Morgan fingerprint density at radius 2 is 0.783 bits per heavy atom. The van der Waals surface area contributed by atoms with Crippen LogP contribution in [0.1, 0.15) is 172 Å². The summed E-state index contributed by atoms with van der Waals surface area (Å²) in [5.74, 6) is 0.884. The van der Waals surface area contributed by atoms with Crippen LogP contribution in [0.5, 0.6) is 11.5 Å². The van der Waals surface area contributed by atoms with Crippen molar-refractivity contribution in [3.05, 3.63) is 59.2 Å². The molecule has 2 aromatic carbocycles. The highest BCUT2D eigenvalue weighted by molar-refractivity contribution is 7.45. The van der Waals surface area contributed by atoms with Gasteiger partial charge in [-0.25, -0.2) is 4.57 Å². The van der Waals surface area contributed by atoms with E-state index >= 15 is 0 Å². The molecule has 7 heteroatoms. The summed E-state index contributed by atoms with van der Waals surface area (Å²) in [6.45, 7) is 6.79. The first-order valence-electron chi connectivity index (χ1n) is 18.5. The molecule has 0 aromatic heterocycles. The fraction of sp³-hybridized carbons (Fsp3) is 0.692. The Kier molecular flexibility index (Phi) is 29.3. The minimum absolute atomic E-state index is 0.364. The summed E-state index contributed by atoms with van der Waals surface area (Å²) in [7, 11) is -4.64. The van der Waals surface area contributed by atoms with Crippen molar-refractivity contribution in [1.29, 1.82) is 0 Å². The van der Waals surface area contributed by atoms with Crippen LogP contribution in [0.25, 0.3) is 0 Å². The molecule has 0 saturated heterocycles. The van der Waals surface area contributed by atoms with E-state index < -0.39 is 7.82 Å². The molecule has 2 rings (SSSR count). The topological polar surface area (TPSA) is 118 Å². The fourth-order valence-electron chi connectivity index (χ4n) is 5.48. The fourth-order valence-corrected chi connectivity index (χ4v) is 5.48. The molecule has 266 valence electrons. The number of phenols is 2. The molecule has 0 radical (unpaired) electrons. The Labute approximate surface area is 282 Å². The third-order valence-electron chi connectivity index (χ3n) is 8.27. The van der Waals surface area contributed by atoms with Gasteiger partial charge in [-0.15, -0.1) is 0 Å². The first-order chi connectivity index (χ1) is 22.1. The lowest BCUT2D eigenvalue weighted by molar-refractivity contribution is 0.275. The first-order valence-corrected chi connectivity index (χ1v) is 20.0. The third kappa shape index (κ3) is 30.8. The Balaban J connectivity index is 0.000000820. The minimum Gasteiger partial charge on any atom is -0.508 e. The highest BCUT2D eigenvalue weighted by atomic mass is 31.2. The molecule has 0 saturated carbocycles. The second-order valence-corrected chi connectivity index (χ2v) is 13.8. The lowest BCUT2D eigenvalue weighted by Crippen LogP contribution is -1.91. The summed E-state index contributed by atoms with van der Waals surface area (Å²) >= 11 is 0. The predicted molar refractivity (Wildman–Crippen MR) is 196 cm³/mol. The number of hydrogen-bond acceptors (Lipinski definition) is 3. The molecule has 6 nitrogen and oxygen atoms in total. The number of unbranched alkanes of at least 4 members (excludes halogenated alkanes) is 18. The van der Waals surface area contributed by atoms with Gasteiger partial charge in [-0.2, -0.15) is 0 Å². The molecule has 0 amide bonds. The van der Waals surface area contributed by atoms with Gasteiger partial charge in [-0.3, -0.25) is 0 Å². The van der Waals surface area contributed by atoms with E-state index in [1.54, 1.807) is 12.1 Å². The average molecular weight is 665 g/mol. The van der Waals surface area contributed by atoms with Crippen LogP contribution >= 0.6 is 7.82 Å². The van der Waals surface area contributed by atoms with Crippen LogP contribution in [-0.4, -0.2) is 24.9 Å². The van der Waals surface area contributed by atoms with Gasteiger partial charge < -0.3 is 24.9 Å². The summed E-state index contributed by atoms with van der Waals surface area (Å²) in [6, 6.07) is 14.0. The van der Waals surface area contributed by atoms with Gasteiger partial charge in [0.2, 0.25) is 0 Å². The van der Waals surface area contributed by atoms with Crippen molar-refractivity contribution in [3.63, 3.8) is 0 Å². The van der Waals surface area contributed by atoms with Gasteiger partial charge in [0.25, 0.3) is 0 Å². The number of aryl methyl sites for hydroxylation is 3. The lowest BCUT2D eigenvalue weighted by atomic mass is 10.00. The molecular formula is C39H69O6P. The summed E-state index contributed by atoms with van der Waals surface area (Å²) in [6.07, 6.45) is 31.5. The highest BCUT2D eigenvalue weighted by Crippen LogP contribution is 2.26. The minimum atomic E-state index is -4.64. The van der Waals surface area contributed by atoms with Gasteiger partial charge >= 0.3 is 7.82 Å². The largest absolute Gasteiger partial charge is 0.508 e. The van der Waals surface area contributed by atoms with Gasteiger partial charge in [0, 0.05) is 0 Å². The zero-order chi connectivity index (χ0) is 34.3. The second-order valence-electron chi connectivity index (χ2n) is 12.8. The van der Waals surface area contributed by atoms with E-state index in [0.717, 1.165) is 24.8 Å². The van der Waals surface area contributed by atoms with Crippen LogP contribution in [0.2, 0.25) is 0 Å². The summed E-state index contributed by atoms with van der Waals surface area (Å²) in [5.41, 5.74) is 3.78. The number of rotatable bonds is 24. The standard InChI is InChI=1S/C24H42O.C15H24O.H3O4P/c1-3-5-7-9-11-13-15-17-22-19-20-23(24(25)21-22)18-16-14-12-10-8-6-4-2;1-2-3-4-5-6-7-8-9-14-10-12-15(16)13-11-14;1-5(2,3)4/h19-21,25H,3-18H2,1-2H3;10-13,16H,2-9H2,1H3;(H3,1,2,3,4). The van der Waals surface area contributed by atoms with Crippen molar-refractivity contribution in [2.24, 2.45) is 0 Å². The normalized spacial score (nSPS) is 11.0. The highest BCUT2D eigenvalue weighted by Gasteiger charge is 2.04. The quantitative estimate of drug-likeness (QED) is 0.0563. The summed E-state index contributed by atoms with van der Waals surface area (Å²) in [4.78, 5) is 21.6. The zero-order valence-electron chi connectivity index (χ0n) is 29.6. The number of hydrogen-bond donors (Lipinski definition) is 5. The maximum Gasteiger partial charge on any atom is 0.466 e. The molecule has 0 heterocycles. The van der Waals surface area contributed by atoms with E-state index in [9.17, 15) is 5.11 Å². The lowest BCUT2D eigenvalue weighted by Gasteiger charge is -2.08.